The molecule has 9 heteroatoms. The van der Waals surface area contributed by atoms with Crippen LogP contribution in [-0.4, -0.2) is 54.5 Å². The summed E-state index contributed by atoms with van der Waals surface area (Å²) in [6.45, 7) is 6.07. The second kappa shape index (κ2) is 9.82. The molecule has 0 aliphatic heterocycles. The first-order valence-electron chi connectivity index (χ1n) is 7.09. The highest BCUT2D eigenvalue weighted by Crippen LogP contribution is 2.06. The number of hydrogen-bond donors (Lipinski definition) is 5. The van der Waals surface area contributed by atoms with Gasteiger partial charge in [-0.1, -0.05) is 0 Å². The largest absolute Gasteiger partial charge is 0.480 e. The van der Waals surface area contributed by atoms with Crippen LogP contribution in [0.15, 0.2) is 0 Å². The van der Waals surface area contributed by atoms with Gasteiger partial charge in [0.2, 0.25) is 0 Å². The third-order valence-corrected chi connectivity index (χ3v) is 2.36. The van der Waals surface area contributed by atoms with E-state index in [9.17, 15) is 14.4 Å². The highest BCUT2D eigenvalue weighted by molar-refractivity contribution is 5.77. The summed E-state index contributed by atoms with van der Waals surface area (Å²) in [4.78, 5) is 33.1. The Hall–Kier alpha value is -2.03. The second-order valence-corrected chi connectivity index (χ2v) is 5.72. The first-order valence-corrected chi connectivity index (χ1v) is 7.09. The molecule has 0 spiro atoms. The average Bonchev–Trinajstić information content (AvgIpc) is 2.37. The maximum Gasteiger partial charge on any atom is 0.407 e. The molecule has 9 nitrogen and oxygen atoms in total. The van der Waals surface area contributed by atoms with Crippen LogP contribution in [0.5, 0.6) is 0 Å². The molecule has 0 fully saturated rings. The third kappa shape index (κ3) is 11.8. The number of carbonyl (C=O) groups is 3. The van der Waals surface area contributed by atoms with Gasteiger partial charge in [0, 0.05) is 19.6 Å². The van der Waals surface area contributed by atoms with E-state index >= 15 is 0 Å². The standard InChI is InChI=1S/C13H26N4O5/c1-13(2,3)22-12(21)16-7-5-4-6-15-11(20)17-8-9(14)10(18)19/h9H,4-8,14H2,1-3H3,(H,16,21)(H,18,19)(H2,15,17,20)/t9-/m0/s1. The van der Waals surface area contributed by atoms with E-state index in [0.717, 1.165) is 0 Å². The van der Waals surface area contributed by atoms with Gasteiger partial charge in [-0.3, -0.25) is 4.79 Å². The molecular weight excluding hydrogens is 292 g/mol. The topological polar surface area (TPSA) is 143 Å². The van der Waals surface area contributed by atoms with E-state index in [1.165, 1.54) is 0 Å². The lowest BCUT2D eigenvalue weighted by atomic mass is 10.2. The number of amides is 3. The molecule has 0 saturated heterocycles. The molecule has 6 N–H and O–H groups in total. The number of hydrogen-bond acceptors (Lipinski definition) is 5. The number of nitrogens with two attached hydrogens (primary N) is 1. The molecule has 0 saturated carbocycles. The van der Waals surface area contributed by atoms with Crippen LogP contribution in [0.1, 0.15) is 33.6 Å². The molecule has 0 radical (unpaired) electrons. The Morgan fingerprint density at radius 3 is 2.14 bits per heavy atom. The van der Waals surface area contributed by atoms with Crippen LogP contribution >= 0.6 is 0 Å². The van der Waals surface area contributed by atoms with Crippen molar-refractivity contribution in [3.63, 3.8) is 0 Å². The summed E-state index contributed by atoms with van der Waals surface area (Å²) in [7, 11) is 0. The van der Waals surface area contributed by atoms with Crippen LogP contribution in [0.2, 0.25) is 0 Å². The molecule has 0 bridgehead atoms. The van der Waals surface area contributed by atoms with Crippen molar-refractivity contribution in [3.8, 4) is 0 Å². The number of carbonyl (C=O) groups excluding carboxylic acids is 2. The van der Waals surface area contributed by atoms with Crippen LogP contribution in [0, 0.1) is 0 Å². The summed E-state index contributed by atoms with van der Waals surface area (Å²) in [5.74, 6) is -1.17. The minimum atomic E-state index is -1.17. The van der Waals surface area contributed by atoms with Crippen molar-refractivity contribution in [1.82, 2.24) is 16.0 Å². The molecule has 0 aliphatic rings. The minimum absolute atomic E-state index is 0.138. The lowest BCUT2D eigenvalue weighted by molar-refractivity contribution is -0.138. The predicted octanol–water partition coefficient (Wildman–Crippen LogP) is 0.00240. The molecule has 128 valence electrons. The quantitative estimate of drug-likeness (QED) is 0.399. The first kappa shape index (κ1) is 20.0. The molecule has 0 aromatic rings. The van der Waals surface area contributed by atoms with Gasteiger partial charge in [-0.05, 0) is 33.6 Å². The molecular formula is C13H26N4O5. The van der Waals surface area contributed by atoms with E-state index in [1.54, 1.807) is 20.8 Å². The Morgan fingerprint density at radius 1 is 1.09 bits per heavy atom. The second-order valence-electron chi connectivity index (χ2n) is 5.72. The van der Waals surface area contributed by atoms with Crippen molar-refractivity contribution in [2.24, 2.45) is 5.73 Å². The summed E-state index contributed by atoms with van der Waals surface area (Å²) in [6.07, 6.45) is 0.864. The van der Waals surface area contributed by atoms with E-state index in [4.69, 9.17) is 15.6 Å². The summed E-state index contributed by atoms with van der Waals surface area (Å²) in [5.41, 5.74) is 4.71. The molecule has 22 heavy (non-hydrogen) atoms. The van der Waals surface area contributed by atoms with E-state index in [1.807, 2.05) is 0 Å². The molecule has 1 atom stereocenters. The zero-order chi connectivity index (χ0) is 17.2. The highest BCUT2D eigenvalue weighted by atomic mass is 16.6. The molecule has 0 aromatic carbocycles. The Kier molecular flexibility index (Phi) is 8.92. The number of carboxylic acids is 1. The van der Waals surface area contributed by atoms with Crippen molar-refractivity contribution in [2.45, 2.75) is 45.3 Å². The average molecular weight is 318 g/mol. The molecule has 0 heterocycles. The van der Waals surface area contributed by atoms with E-state index < -0.39 is 29.7 Å². The lowest BCUT2D eigenvalue weighted by Gasteiger charge is -2.19. The van der Waals surface area contributed by atoms with Crippen LogP contribution in [0.3, 0.4) is 0 Å². The maximum atomic E-state index is 11.3. The molecule has 0 aliphatic carbocycles. The Morgan fingerprint density at radius 2 is 1.64 bits per heavy atom. The maximum absolute atomic E-state index is 11.3. The summed E-state index contributed by atoms with van der Waals surface area (Å²) in [5, 5.41) is 16.1. The fourth-order valence-corrected chi connectivity index (χ4v) is 1.31. The highest BCUT2D eigenvalue weighted by Gasteiger charge is 2.15. The number of nitrogens with one attached hydrogen (secondary N) is 3. The Bertz CT molecular complexity index is 381. The van der Waals surface area contributed by atoms with Gasteiger partial charge in [0.25, 0.3) is 0 Å². The van der Waals surface area contributed by atoms with E-state index in [0.29, 0.717) is 25.9 Å². The number of ether oxygens (including phenoxy) is 1. The van der Waals surface area contributed by atoms with Gasteiger partial charge in [-0.15, -0.1) is 0 Å². The van der Waals surface area contributed by atoms with Gasteiger partial charge in [-0.25, -0.2) is 9.59 Å². The zero-order valence-electron chi connectivity index (χ0n) is 13.3. The van der Waals surface area contributed by atoms with E-state index in [-0.39, 0.29) is 6.54 Å². The number of alkyl carbamates (subject to hydrolysis) is 1. The minimum Gasteiger partial charge on any atom is -0.480 e. The fraction of sp³-hybridized carbons (Fsp3) is 0.769. The number of unbranched alkanes of at least 4 members (excludes halogenated alkanes) is 1. The lowest BCUT2D eigenvalue weighted by Crippen LogP contribution is -2.46. The third-order valence-electron chi connectivity index (χ3n) is 2.36. The Labute approximate surface area is 130 Å². The van der Waals surface area contributed by atoms with Crippen LogP contribution in [0.4, 0.5) is 9.59 Å². The fourth-order valence-electron chi connectivity index (χ4n) is 1.31. The van der Waals surface area contributed by atoms with Gasteiger partial charge in [0.05, 0.1) is 0 Å². The van der Waals surface area contributed by atoms with E-state index in [2.05, 4.69) is 16.0 Å². The van der Waals surface area contributed by atoms with Gasteiger partial charge in [0.15, 0.2) is 0 Å². The number of aliphatic carboxylic acids is 1. The molecule has 3 amide bonds. The predicted molar refractivity (Wildman–Crippen MR) is 80.5 cm³/mol. The van der Waals surface area contributed by atoms with Gasteiger partial charge in [0.1, 0.15) is 11.6 Å². The van der Waals surface area contributed by atoms with Crippen molar-refractivity contribution in [2.75, 3.05) is 19.6 Å². The van der Waals surface area contributed by atoms with Gasteiger partial charge >= 0.3 is 18.1 Å². The number of urea groups is 1. The van der Waals surface area contributed by atoms with Crippen molar-refractivity contribution < 1.29 is 24.2 Å². The molecule has 0 rings (SSSR count). The molecule has 0 unspecified atom stereocenters. The van der Waals surface area contributed by atoms with Crippen molar-refractivity contribution >= 4 is 18.1 Å². The molecule has 0 aromatic heterocycles. The Balaban J connectivity index is 3.55. The summed E-state index contributed by atoms with van der Waals surface area (Å²) >= 11 is 0. The van der Waals surface area contributed by atoms with Gasteiger partial charge < -0.3 is 31.5 Å². The normalized spacial score (nSPS) is 12.2. The van der Waals surface area contributed by atoms with Gasteiger partial charge in [-0.2, -0.15) is 0 Å². The SMILES string of the molecule is CC(C)(C)OC(=O)NCCCCNC(=O)NC[C@H](N)C(=O)O. The number of rotatable bonds is 8. The van der Waals surface area contributed by atoms with Crippen molar-refractivity contribution in [3.05, 3.63) is 0 Å². The first-order chi connectivity index (χ1) is 10.1. The van der Waals surface area contributed by atoms with Crippen LogP contribution in [0.25, 0.3) is 0 Å². The zero-order valence-corrected chi connectivity index (χ0v) is 13.3. The van der Waals surface area contributed by atoms with Crippen molar-refractivity contribution in [1.29, 1.82) is 0 Å². The smallest absolute Gasteiger partial charge is 0.407 e. The number of carboxylic acid groups (broad SMARTS) is 1. The summed E-state index contributed by atoms with van der Waals surface area (Å²) in [6, 6.07) is -1.60. The monoisotopic (exact) mass is 318 g/mol. The van der Waals surface area contributed by atoms with Crippen LogP contribution in [-0.2, 0) is 9.53 Å². The van der Waals surface area contributed by atoms with Crippen LogP contribution < -0.4 is 21.7 Å². The summed E-state index contributed by atoms with van der Waals surface area (Å²) < 4.78 is 5.07.